The molecule has 1 saturated heterocycles. The van der Waals surface area contributed by atoms with Gasteiger partial charge in [0.25, 0.3) is 0 Å². The summed E-state index contributed by atoms with van der Waals surface area (Å²) in [6, 6.07) is 3.57. The van der Waals surface area contributed by atoms with Gasteiger partial charge in [-0.2, -0.15) is 0 Å². The smallest absolute Gasteiger partial charge is 0.233 e. The first-order chi connectivity index (χ1) is 9.81. The first kappa shape index (κ1) is 14.8. The Morgan fingerprint density at radius 3 is 2.60 bits per heavy atom. The van der Waals surface area contributed by atoms with Gasteiger partial charge >= 0.3 is 0 Å². The summed E-state index contributed by atoms with van der Waals surface area (Å²) in [5.41, 5.74) is 0. The van der Waals surface area contributed by atoms with Crippen molar-refractivity contribution in [2.45, 2.75) is 31.8 Å². The van der Waals surface area contributed by atoms with Gasteiger partial charge in [-0.3, -0.25) is 4.90 Å². The van der Waals surface area contributed by atoms with Crippen LogP contribution in [0.3, 0.4) is 0 Å². The Morgan fingerprint density at radius 2 is 2.00 bits per heavy atom. The van der Waals surface area contributed by atoms with Crippen molar-refractivity contribution in [2.75, 3.05) is 26.7 Å². The zero-order valence-electron chi connectivity index (χ0n) is 12.1. The van der Waals surface area contributed by atoms with E-state index in [0.717, 1.165) is 19.4 Å². The van der Waals surface area contributed by atoms with Gasteiger partial charge in [0.1, 0.15) is 6.10 Å². The maximum atomic E-state index is 5.96. The standard InChI is InChI=1S/C15H23N3O2/c1-3-4-7-13(12-18-10-5-6-11-18)20-15-9-8-14(19-2)16-17-15/h3,8-9,13H,1,4-7,10-12H2,2H3/t13-/m1/s1. The van der Waals surface area contributed by atoms with E-state index in [0.29, 0.717) is 11.8 Å². The molecule has 110 valence electrons. The van der Waals surface area contributed by atoms with Crippen molar-refractivity contribution in [1.82, 2.24) is 15.1 Å². The second kappa shape index (κ2) is 7.85. The lowest BCUT2D eigenvalue weighted by atomic mass is 10.2. The number of aromatic nitrogens is 2. The van der Waals surface area contributed by atoms with Gasteiger partial charge < -0.3 is 9.47 Å². The van der Waals surface area contributed by atoms with Gasteiger partial charge in [0.15, 0.2) is 0 Å². The fourth-order valence-electron chi connectivity index (χ4n) is 2.39. The van der Waals surface area contributed by atoms with Crippen LogP contribution in [0.5, 0.6) is 11.8 Å². The summed E-state index contributed by atoms with van der Waals surface area (Å²) in [4.78, 5) is 2.45. The van der Waals surface area contributed by atoms with E-state index in [1.165, 1.54) is 25.9 Å². The first-order valence-corrected chi connectivity index (χ1v) is 7.19. The van der Waals surface area contributed by atoms with Gasteiger partial charge in [0, 0.05) is 18.7 Å². The molecule has 1 fully saturated rings. The van der Waals surface area contributed by atoms with Crippen molar-refractivity contribution >= 4 is 0 Å². The third-order valence-corrected chi connectivity index (χ3v) is 3.47. The lowest BCUT2D eigenvalue weighted by Gasteiger charge is -2.23. The molecule has 0 amide bonds. The highest BCUT2D eigenvalue weighted by atomic mass is 16.5. The average Bonchev–Trinajstić information content (AvgIpc) is 2.98. The number of hydrogen-bond donors (Lipinski definition) is 0. The molecule has 1 aliphatic heterocycles. The van der Waals surface area contributed by atoms with E-state index >= 15 is 0 Å². The Hall–Kier alpha value is -1.62. The van der Waals surface area contributed by atoms with Crippen LogP contribution in [-0.2, 0) is 0 Å². The Bertz CT molecular complexity index is 402. The van der Waals surface area contributed by atoms with Crippen LogP contribution < -0.4 is 9.47 Å². The topological polar surface area (TPSA) is 47.5 Å². The van der Waals surface area contributed by atoms with Crippen LogP contribution in [-0.4, -0.2) is 47.9 Å². The fraction of sp³-hybridized carbons (Fsp3) is 0.600. The number of allylic oxidation sites excluding steroid dienone is 1. The third-order valence-electron chi connectivity index (χ3n) is 3.47. The van der Waals surface area contributed by atoms with Gasteiger partial charge in [-0.05, 0) is 38.8 Å². The van der Waals surface area contributed by atoms with Crippen LogP contribution >= 0.6 is 0 Å². The molecule has 5 nitrogen and oxygen atoms in total. The summed E-state index contributed by atoms with van der Waals surface area (Å²) in [6.45, 7) is 7.06. The molecule has 0 spiro atoms. The Balaban J connectivity index is 1.92. The second-order valence-corrected chi connectivity index (χ2v) is 5.03. The predicted molar refractivity (Wildman–Crippen MR) is 78.1 cm³/mol. The number of nitrogens with zero attached hydrogens (tertiary/aromatic N) is 3. The summed E-state index contributed by atoms with van der Waals surface area (Å²) < 4.78 is 11.0. The van der Waals surface area contributed by atoms with E-state index in [4.69, 9.17) is 9.47 Å². The monoisotopic (exact) mass is 277 g/mol. The Kier molecular flexibility index (Phi) is 5.80. The Labute approximate surface area is 120 Å². The molecule has 0 saturated carbocycles. The molecule has 0 N–H and O–H groups in total. The van der Waals surface area contributed by atoms with Crippen molar-refractivity contribution < 1.29 is 9.47 Å². The van der Waals surface area contributed by atoms with E-state index in [1.54, 1.807) is 19.2 Å². The highest BCUT2D eigenvalue weighted by Crippen LogP contribution is 2.16. The average molecular weight is 277 g/mol. The normalized spacial score (nSPS) is 16.9. The van der Waals surface area contributed by atoms with Crippen molar-refractivity contribution in [2.24, 2.45) is 0 Å². The largest absolute Gasteiger partial charge is 0.480 e. The summed E-state index contributed by atoms with van der Waals surface area (Å²) in [5.74, 6) is 1.05. The molecule has 0 radical (unpaired) electrons. The maximum absolute atomic E-state index is 5.96. The molecule has 0 unspecified atom stereocenters. The molecule has 2 heterocycles. The van der Waals surface area contributed by atoms with Crippen LogP contribution in [0.1, 0.15) is 25.7 Å². The summed E-state index contributed by atoms with van der Waals surface area (Å²) in [5, 5.41) is 7.96. The van der Waals surface area contributed by atoms with Gasteiger partial charge in [-0.15, -0.1) is 16.8 Å². The highest BCUT2D eigenvalue weighted by Gasteiger charge is 2.19. The van der Waals surface area contributed by atoms with E-state index < -0.39 is 0 Å². The minimum atomic E-state index is 0.133. The molecule has 1 aromatic rings. The molecule has 0 aliphatic carbocycles. The lowest BCUT2D eigenvalue weighted by Crippen LogP contribution is -2.34. The summed E-state index contributed by atoms with van der Waals surface area (Å²) in [6.07, 6.45) is 6.54. The van der Waals surface area contributed by atoms with Crippen LogP contribution in [0.4, 0.5) is 0 Å². The SMILES string of the molecule is C=CCC[C@H](CN1CCCC1)Oc1ccc(OC)nn1. The molecule has 1 atom stereocenters. The number of rotatable bonds is 8. The van der Waals surface area contributed by atoms with Crippen LogP contribution in [0.25, 0.3) is 0 Å². The summed E-state index contributed by atoms with van der Waals surface area (Å²) in [7, 11) is 1.57. The molecule has 0 aromatic carbocycles. The molecular weight excluding hydrogens is 254 g/mol. The molecule has 1 aromatic heterocycles. The van der Waals surface area contributed by atoms with Crippen molar-refractivity contribution in [3.05, 3.63) is 24.8 Å². The van der Waals surface area contributed by atoms with Gasteiger partial charge in [-0.25, -0.2) is 0 Å². The molecule has 0 bridgehead atoms. The van der Waals surface area contributed by atoms with Crippen LogP contribution in [0, 0.1) is 0 Å². The second-order valence-electron chi connectivity index (χ2n) is 5.03. The zero-order valence-corrected chi connectivity index (χ0v) is 12.1. The molecule has 1 aliphatic rings. The van der Waals surface area contributed by atoms with Gasteiger partial charge in [-0.1, -0.05) is 6.08 Å². The van der Waals surface area contributed by atoms with Gasteiger partial charge in [0.05, 0.1) is 7.11 Å². The first-order valence-electron chi connectivity index (χ1n) is 7.19. The molecule has 5 heteroatoms. The van der Waals surface area contributed by atoms with E-state index in [9.17, 15) is 0 Å². The predicted octanol–water partition coefficient (Wildman–Crippen LogP) is 2.29. The highest BCUT2D eigenvalue weighted by molar-refractivity contribution is 5.15. The fourth-order valence-corrected chi connectivity index (χ4v) is 2.39. The quantitative estimate of drug-likeness (QED) is 0.682. The lowest BCUT2D eigenvalue weighted by molar-refractivity contribution is 0.133. The van der Waals surface area contributed by atoms with Crippen LogP contribution in [0.2, 0.25) is 0 Å². The van der Waals surface area contributed by atoms with Crippen molar-refractivity contribution in [1.29, 1.82) is 0 Å². The number of hydrogen-bond acceptors (Lipinski definition) is 5. The summed E-state index contributed by atoms with van der Waals surface area (Å²) >= 11 is 0. The number of likely N-dealkylation sites (tertiary alicyclic amines) is 1. The van der Waals surface area contributed by atoms with E-state index in [-0.39, 0.29) is 6.10 Å². The number of ether oxygens (including phenoxy) is 2. The van der Waals surface area contributed by atoms with Crippen molar-refractivity contribution in [3.8, 4) is 11.8 Å². The Morgan fingerprint density at radius 1 is 1.30 bits per heavy atom. The third kappa shape index (κ3) is 4.49. The van der Waals surface area contributed by atoms with E-state index in [2.05, 4.69) is 21.7 Å². The minimum Gasteiger partial charge on any atom is -0.480 e. The minimum absolute atomic E-state index is 0.133. The molecule has 2 rings (SSSR count). The van der Waals surface area contributed by atoms with Crippen molar-refractivity contribution in [3.63, 3.8) is 0 Å². The maximum Gasteiger partial charge on any atom is 0.233 e. The number of methoxy groups -OCH3 is 1. The zero-order chi connectivity index (χ0) is 14.2. The van der Waals surface area contributed by atoms with Gasteiger partial charge in [0.2, 0.25) is 11.8 Å². The molecular formula is C15H23N3O2. The van der Waals surface area contributed by atoms with Crippen LogP contribution in [0.15, 0.2) is 24.8 Å². The van der Waals surface area contributed by atoms with E-state index in [1.807, 2.05) is 6.08 Å². The molecule has 20 heavy (non-hydrogen) atoms.